The van der Waals surface area contributed by atoms with Gasteiger partial charge in [0.25, 0.3) is 0 Å². The average molecular weight is 526 g/mol. The number of alkyl halides is 3. The van der Waals surface area contributed by atoms with E-state index in [2.05, 4.69) is 16.1 Å². The molecule has 0 unspecified atom stereocenters. The smallest absolute Gasteiger partial charge is 0.333 e. The van der Waals surface area contributed by atoms with Crippen molar-refractivity contribution < 1.29 is 18.0 Å². The molecule has 0 fully saturated rings. The largest absolute Gasteiger partial charge is 0.435 e. The molecule has 6 nitrogen and oxygen atoms in total. The molecule has 1 amide bonds. The van der Waals surface area contributed by atoms with Crippen LogP contribution in [0.25, 0.3) is 11.1 Å². The van der Waals surface area contributed by atoms with Gasteiger partial charge in [-0.3, -0.25) is 9.48 Å². The van der Waals surface area contributed by atoms with Crippen LogP contribution in [0.3, 0.4) is 0 Å². The predicted molar refractivity (Wildman–Crippen MR) is 135 cm³/mol. The van der Waals surface area contributed by atoms with E-state index in [1.807, 2.05) is 25.3 Å². The van der Waals surface area contributed by atoms with Crippen molar-refractivity contribution in [2.24, 2.45) is 0 Å². The number of rotatable bonds is 4. The van der Waals surface area contributed by atoms with E-state index in [0.717, 1.165) is 22.6 Å². The van der Waals surface area contributed by atoms with Crippen molar-refractivity contribution >= 4 is 17.2 Å². The van der Waals surface area contributed by atoms with Crippen molar-refractivity contribution in [1.29, 1.82) is 5.26 Å². The minimum atomic E-state index is -4.61. The number of aromatic nitrogens is 2. The summed E-state index contributed by atoms with van der Waals surface area (Å²) < 4.78 is 43.2. The van der Waals surface area contributed by atoms with E-state index in [1.165, 1.54) is 22.2 Å². The van der Waals surface area contributed by atoms with E-state index in [-0.39, 0.29) is 17.4 Å². The number of aryl methyl sites for hydroxylation is 1. The summed E-state index contributed by atoms with van der Waals surface area (Å²) >= 11 is 1.34. The minimum Gasteiger partial charge on any atom is -0.333 e. The number of carbonyl (C=O) groups excluding carboxylic acids is 1. The van der Waals surface area contributed by atoms with Gasteiger partial charge in [0.05, 0.1) is 6.54 Å². The van der Waals surface area contributed by atoms with Crippen LogP contribution < -0.4 is 0 Å². The van der Waals surface area contributed by atoms with E-state index in [0.29, 0.717) is 48.6 Å². The van der Waals surface area contributed by atoms with Crippen molar-refractivity contribution in [3.63, 3.8) is 0 Å². The Hall–Kier alpha value is -3.42. The molecule has 10 heteroatoms. The van der Waals surface area contributed by atoms with Gasteiger partial charge in [0.2, 0.25) is 5.91 Å². The van der Waals surface area contributed by atoms with Gasteiger partial charge in [-0.2, -0.15) is 23.5 Å². The molecule has 37 heavy (non-hydrogen) atoms. The molecule has 4 heterocycles. The molecule has 1 aromatic carbocycles. The van der Waals surface area contributed by atoms with E-state index >= 15 is 0 Å². The molecule has 2 aliphatic rings. The number of amides is 1. The Kier molecular flexibility index (Phi) is 6.68. The Morgan fingerprint density at radius 1 is 1.24 bits per heavy atom. The molecule has 5 rings (SSSR count). The average Bonchev–Trinajstić information content (AvgIpc) is 3.52. The zero-order chi connectivity index (χ0) is 26.3. The van der Waals surface area contributed by atoms with Crippen LogP contribution in [-0.2, 0) is 24.1 Å². The Morgan fingerprint density at radius 2 is 2.03 bits per heavy atom. The highest BCUT2D eigenvalue weighted by molar-refractivity contribution is 7.12. The summed E-state index contributed by atoms with van der Waals surface area (Å²) in [6.07, 6.45) is -0.571. The number of likely N-dealkylation sites (N-methyl/N-ethyl adjacent to an activating group) is 1. The molecular weight excluding hydrogens is 499 g/mol. The van der Waals surface area contributed by atoms with Crippen molar-refractivity contribution in [1.82, 2.24) is 19.6 Å². The summed E-state index contributed by atoms with van der Waals surface area (Å²) in [5, 5.41) is 13.4. The van der Waals surface area contributed by atoms with Crippen LogP contribution in [-0.4, -0.2) is 52.2 Å². The molecule has 2 aliphatic heterocycles. The molecule has 0 aliphatic carbocycles. The summed E-state index contributed by atoms with van der Waals surface area (Å²) in [6, 6.07) is 11.0. The quantitative estimate of drug-likeness (QED) is 0.466. The first-order valence-electron chi connectivity index (χ1n) is 12.1. The van der Waals surface area contributed by atoms with E-state index in [4.69, 9.17) is 0 Å². The Bertz CT molecular complexity index is 1410. The molecule has 0 saturated carbocycles. The van der Waals surface area contributed by atoms with Crippen molar-refractivity contribution in [3.8, 4) is 17.2 Å². The standard InChI is InChI=1S/C27H26F3N5OS/c1-3-35-15-23(25(32-35)27(28,29)30)20-7-5-4-6-19(20)22-14-34(16-24-21(22)12-18(13-31)37-24)26(36)17-8-10-33(2)11-9-17/h4-8,12,15,22H,3,9-11,14,16H2,1-2H3/t22-/m0/s1. The lowest BCUT2D eigenvalue weighted by atomic mass is 9.83. The molecule has 0 spiro atoms. The molecule has 0 radical (unpaired) electrons. The maximum Gasteiger partial charge on any atom is 0.435 e. The van der Waals surface area contributed by atoms with Crippen LogP contribution >= 0.6 is 11.3 Å². The molecule has 0 bridgehead atoms. The fourth-order valence-electron chi connectivity index (χ4n) is 5.10. The summed E-state index contributed by atoms with van der Waals surface area (Å²) in [5.41, 5.74) is 1.86. The number of thiophene rings is 1. The number of nitrogens with zero attached hydrogens (tertiary/aromatic N) is 5. The van der Waals surface area contributed by atoms with Gasteiger partial charge < -0.3 is 9.80 Å². The maximum atomic E-state index is 14.0. The first-order chi connectivity index (χ1) is 17.7. The highest BCUT2D eigenvalue weighted by atomic mass is 32.1. The molecule has 0 saturated heterocycles. The number of benzene rings is 1. The summed E-state index contributed by atoms with van der Waals surface area (Å²) in [7, 11) is 2.00. The molecule has 1 atom stereocenters. The van der Waals surface area contributed by atoms with Gasteiger partial charge in [0.15, 0.2) is 5.69 Å². The van der Waals surface area contributed by atoms with Gasteiger partial charge in [-0.05, 0) is 43.1 Å². The highest BCUT2D eigenvalue weighted by Crippen LogP contribution is 2.44. The molecule has 192 valence electrons. The summed E-state index contributed by atoms with van der Waals surface area (Å²) in [5.74, 6) is -0.428. The molecule has 0 N–H and O–H groups in total. The first-order valence-corrected chi connectivity index (χ1v) is 12.9. The van der Waals surface area contributed by atoms with Crippen molar-refractivity contribution in [2.45, 2.75) is 38.5 Å². The minimum absolute atomic E-state index is 0.0173. The number of hydrogen-bond acceptors (Lipinski definition) is 5. The third kappa shape index (κ3) is 4.81. The second-order valence-corrected chi connectivity index (χ2v) is 10.5. The number of halogens is 3. The Labute approximate surface area is 217 Å². The summed E-state index contributed by atoms with van der Waals surface area (Å²) in [4.78, 5) is 18.9. The van der Waals surface area contributed by atoms with Crippen molar-refractivity contribution in [3.05, 3.63) is 74.8 Å². The van der Waals surface area contributed by atoms with Gasteiger partial charge in [0, 0.05) is 54.3 Å². The van der Waals surface area contributed by atoms with E-state index in [9.17, 15) is 23.2 Å². The maximum absolute atomic E-state index is 14.0. The van der Waals surface area contributed by atoms with Crippen LogP contribution in [0.1, 0.15) is 45.8 Å². The van der Waals surface area contributed by atoms with Gasteiger partial charge in [-0.1, -0.05) is 30.3 Å². The predicted octanol–water partition coefficient (Wildman–Crippen LogP) is 5.26. The topological polar surface area (TPSA) is 65.2 Å². The summed E-state index contributed by atoms with van der Waals surface area (Å²) in [6.45, 7) is 4.25. The normalized spacial score (nSPS) is 18.3. The number of hydrogen-bond donors (Lipinski definition) is 0. The Morgan fingerprint density at radius 3 is 2.70 bits per heavy atom. The highest BCUT2D eigenvalue weighted by Gasteiger charge is 2.39. The number of nitriles is 1. The van der Waals surface area contributed by atoms with Crippen LogP contribution in [0, 0.1) is 11.3 Å². The molecule has 3 aromatic rings. The van der Waals surface area contributed by atoms with Crippen LogP contribution in [0.2, 0.25) is 0 Å². The van der Waals surface area contributed by atoms with Gasteiger partial charge in [-0.25, -0.2) is 0 Å². The van der Waals surface area contributed by atoms with E-state index < -0.39 is 11.9 Å². The third-order valence-electron chi connectivity index (χ3n) is 7.02. The van der Waals surface area contributed by atoms with Crippen LogP contribution in [0.4, 0.5) is 13.2 Å². The first kappa shape index (κ1) is 25.2. The SMILES string of the molecule is CCn1cc(-c2ccccc2[C@@H]2CN(C(=O)C3=CCN(C)CC3)Cc3sc(C#N)cc32)c(C(F)(F)F)n1. The lowest BCUT2D eigenvalue weighted by molar-refractivity contribution is -0.141. The zero-order valence-corrected chi connectivity index (χ0v) is 21.4. The van der Waals surface area contributed by atoms with Crippen LogP contribution in [0.15, 0.2) is 48.2 Å². The van der Waals surface area contributed by atoms with Gasteiger partial charge >= 0.3 is 6.18 Å². The second kappa shape index (κ2) is 9.80. The third-order valence-corrected chi connectivity index (χ3v) is 8.06. The Balaban J connectivity index is 1.61. The van der Waals surface area contributed by atoms with Crippen LogP contribution in [0.5, 0.6) is 0 Å². The fourth-order valence-corrected chi connectivity index (χ4v) is 6.13. The van der Waals surface area contributed by atoms with Gasteiger partial charge in [-0.15, -0.1) is 11.3 Å². The second-order valence-electron chi connectivity index (χ2n) is 9.41. The lowest BCUT2D eigenvalue weighted by Crippen LogP contribution is -2.40. The molecule has 2 aromatic heterocycles. The van der Waals surface area contributed by atoms with E-state index in [1.54, 1.807) is 30.0 Å². The van der Waals surface area contributed by atoms with Crippen molar-refractivity contribution in [2.75, 3.05) is 26.7 Å². The van der Waals surface area contributed by atoms with Gasteiger partial charge in [0.1, 0.15) is 10.9 Å². The zero-order valence-electron chi connectivity index (χ0n) is 20.5. The fraction of sp³-hybridized carbons (Fsp3) is 0.370. The number of fused-ring (bicyclic) bond motifs is 1. The number of carbonyl (C=O) groups is 1. The lowest BCUT2D eigenvalue weighted by Gasteiger charge is -2.35. The monoisotopic (exact) mass is 525 g/mol. The molecular formula is C27H26F3N5OS.